The molecule has 0 unspecified atom stereocenters. The van der Waals surface area contributed by atoms with Crippen molar-refractivity contribution in [2.24, 2.45) is 0 Å². The van der Waals surface area contributed by atoms with E-state index in [-0.39, 0.29) is 0 Å². The molecule has 0 N–H and O–H groups in total. The zero-order valence-electron chi connectivity index (χ0n) is 71.2. The lowest BCUT2D eigenvalue weighted by Gasteiger charge is -2.16. The van der Waals surface area contributed by atoms with Crippen LogP contribution >= 0.6 is 28.6 Å². The average molecular weight is 1700 g/mol. The van der Waals surface area contributed by atoms with Crippen LogP contribution in [0.1, 0.15) is 0 Å². The topological polar surface area (TPSA) is 120 Å². The Hall–Kier alpha value is -13.7. The first-order valence-electron chi connectivity index (χ1n) is 42.4. The summed E-state index contributed by atoms with van der Waals surface area (Å²) in [5, 5.41) is 26.7. The predicted molar refractivity (Wildman–Crippen MR) is 546 cm³/mol. The quantitative estimate of drug-likeness (QED) is 0.0796. The summed E-state index contributed by atoms with van der Waals surface area (Å²) in [5.41, 5.74) is 19.4. The van der Waals surface area contributed by atoms with E-state index in [1.807, 2.05) is 114 Å². The van der Waals surface area contributed by atoms with E-state index in [9.17, 15) is 18.3 Å². The van der Waals surface area contributed by atoms with Crippen molar-refractivity contribution in [1.82, 2.24) is 19.9 Å². The highest BCUT2D eigenvalue weighted by Gasteiger charge is 2.24. The van der Waals surface area contributed by atoms with Crippen LogP contribution in [0.2, 0.25) is 0 Å². The van der Waals surface area contributed by atoms with E-state index < -0.39 is 28.6 Å². The molecule has 0 fully saturated rings. The van der Waals surface area contributed by atoms with E-state index in [1.54, 1.807) is 0 Å². The van der Waals surface area contributed by atoms with Gasteiger partial charge in [0, 0.05) is 119 Å². The molecule has 19 aromatic carbocycles. The molecule has 23 aromatic rings. The Labute approximate surface area is 731 Å². The number of rotatable bonds is 9. The highest BCUT2D eigenvalue weighted by Crippen LogP contribution is 2.48. The van der Waals surface area contributed by atoms with Crippen LogP contribution in [0.4, 0.5) is 0 Å². The molecule has 0 aliphatic heterocycles. The number of benzene rings is 19. The zero-order valence-corrected chi connectivity index (χ0v) is 74.7. The van der Waals surface area contributed by atoms with Crippen LogP contribution in [0, 0.1) is 0 Å². The molecule has 0 aliphatic carbocycles. The molecule has 0 amide bonds. The maximum atomic E-state index is 12.8. The van der Waals surface area contributed by atoms with Crippen LogP contribution in [0.3, 0.4) is 0 Å². The van der Waals surface area contributed by atoms with Crippen molar-refractivity contribution < 1.29 is 18.3 Å². The lowest BCUT2D eigenvalue weighted by atomic mass is 9.91. The minimum atomic E-state index is -2.36. The third kappa shape index (κ3) is 15.2. The molecule has 0 saturated carbocycles. The molecule has 0 saturated heterocycles. The van der Waals surface area contributed by atoms with Crippen molar-refractivity contribution in [1.29, 1.82) is 0 Å². The maximum Gasteiger partial charge on any atom is 0.109 e. The average Bonchev–Trinajstić information content (AvgIpc) is 0.746. The molecule has 0 aliphatic rings. The first-order valence-corrected chi connectivity index (χ1v) is 52.8. The fraction of sp³-hybridized carbons (Fsp3) is 0.0702. The summed E-state index contributed by atoms with van der Waals surface area (Å²) in [5.74, 6) is 0. The van der Waals surface area contributed by atoms with Gasteiger partial charge in [0.1, 0.15) is 28.6 Å². The van der Waals surface area contributed by atoms with Crippen LogP contribution in [-0.4, -0.2) is 73.3 Å². The summed E-state index contributed by atoms with van der Waals surface area (Å²) in [4.78, 5) is 20.6. The molecular formula is C114H88N4O4P4. The van der Waals surface area contributed by atoms with Crippen LogP contribution < -0.4 is 21.2 Å². The van der Waals surface area contributed by atoms with Gasteiger partial charge in [-0.25, -0.2) is 19.9 Å². The van der Waals surface area contributed by atoms with Gasteiger partial charge >= 0.3 is 0 Å². The summed E-state index contributed by atoms with van der Waals surface area (Å²) in [6, 6.07) is 135. The Morgan fingerprint density at radius 1 is 0.159 bits per heavy atom. The predicted octanol–water partition coefficient (Wildman–Crippen LogP) is 29.8. The Morgan fingerprint density at radius 2 is 0.381 bits per heavy atom. The van der Waals surface area contributed by atoms with Crippen molar-refractivity contribution in [3.05, 3.63) is 388 Å². The van der Waals surface area contributed by atoms with E-state index in [1.165, 1.54) is 49.0 Å². The molecule has 12 heteroatoms. The molecule has 126 heavy (non-hydrogen) atoms. The van der Waals surface area contributed by atoms with Crippen molar-refractivity contribution in [3.8, 4) is 55.6 Å². The maximum absolute atomic E-state index is 12.8. The Bertz CT molecular complexity index is 8420. The number of aromatic nitrogens is 4. The molecule has 608 valence electrons. The lowest BCUT2D eigenvalue weighted by molar-refractivity contribution is 0.587. The first kappa shape index (κ1) is 80.7. The van der Waals surface area contributed by atoms with Crippen molar-refractivity contribution in [2.45, 2.75) is 0 Å². The van der Waals surface area contributed by atoms with Crippen LogP contribution in [0.5, 0.6) is 0 Å². The Balaban J connectivity index is 0.000000107. The van der Waals surface area contributed by atoms with E-state index in [2.05, 4.69) is 328 Å². The first-order chi connectivity index (χ1) is 61.0. The van der Waals surface area contributed by atoms with Crippen LogP contribution in [0.15, 0.2) is 388 Å². The second-order valence-electron chi connectivity index (χ2n) is 34.3. The van der Waals surface area contributed by atoms with E-state index in [0.717, 1.165) is 180 Å². The number of fused-ring (bicyclic) bond motifs is 20. The van der Waals surface area contributed by atoms with Gasteiger partial charge in [-0.3, -0.25) is 0 Å². The van der Waals surface area contributed by atoms with Gasteiger partial charge in [0.2, 0.25) is 0 Å². The smallest absolute Gasteiger partial charge is 0.109 e. The van der Waals surface area contributed by atoms with Gasteiger partial charge in [-0.05, 0) is 149 Å². The van der Waals surface area contributed by atoms with Crippen molar-refractivity contribution in [2.75, 3.05) is 53.3 Å². The standard InChI is InChI=1S/C35H26NOP.C29H22NOP.2C25H20NOP/c1-38(2,37)28-14-8-12-26(22-28)25-11-7-13-27(21-25)33-31-19-17-23-9-3-5-15-29(23)34(31)36-35-30-16-6-4-10-24(30)18-20-32(33)35;1-32(2,31)22-15-11-21(12-16-22)27-25-17-13-19-7-3-5-9-23(19)28(25)30-29-24-10-6-4-8-20(24)14-18-26(27)29;1-28(2,27)19-10-7-9-18(16-19)24-21-12-5-6-13-23(21)26-25-20-11-4-3-8-17(20)14-15-22(24)25;1-28(2,27)19-14-11-18(12-15-19)24-21-9-5-6-10-23(21)26-25-20-8-4-3-7-17(20)13-16-22(24)25/h3-22H,1-2H3;3-18H,1-2H3;2*3-16H,1-2H3. The summed E-state index contributed by atoms with van der Waals surface area (Å²) in [6.45, 7) is 14.6. The largest absolute Gasteiger partial charge is 0.319 e. The van der Waals surface area contributed by atoms with Crippen LogP contribution in [0.25, 0.3) is 207 Å². The molecule has 23 rings (SSSR count). The SMILES string of the molecule is CP(C)(=O)c1ccc(-c2c3ccc4ccccc4c3nc3c2ccc2ccccc23)cc1.CP(C)(=O)c1ccc(-c2c3ccccc3nc3c2ccc2ccccc23)cc1.CP(C)(=O)c1cccc(-c2c3ccccc3nc3c2ccc2ccccc23)c1.CP(C)(=O)c1cccc(-c2cccc(-c3c4ccc5ccccc5c4nc4c3ccc3ccccc34)c2)c1. The normalized spacial score (nSPS) is 12.1. The monoisotopic (exact) mass is 1700 g/mol. The van der Waals surface area contributed by atoms with Gasteiger partial charge in [0.05, 0.1) is 44.1 Å². The Kier molecular flexibility index (Phi) is 20.8. The van der Waals surface area contributed by atoms with Gasteiger partial charge in [-0.1, -0.05) is 358 Å². The minimum Gasteiger partial charge on any atom is -0.319 e. The minimum absolute atomic E-state index is 0.901. The van der Waals surface area contributed by atoms with Gasteiger partial charge in [0.25, 0.3) is 0 Å². The molecule has 0 atom stereocenters. The zero-order chi connectivity index (χ0) is 86.3. The highest BCUT2D eigenvalue weighted by molar-refractivity contribution is 7.71. The number of hydrogen-bond donors (Lipinski definition) is 0. The van der Waals surface area contributed by atoms with Crippen molar-refractivity contribution in [3.63, 3.8) is 0 Å². The molecular weight excluding hydrogens is 1610 g/mol. The molecule has 4 heterocycles. The number of para-hydroxylation sites is 2. The summed E-state index contributed by atoms with van der Waals surface area (Å²) in [7, 11) is -9.27. The fourth-order valence-electron chi connectivity index (χ4n) is 18.2. The van der Waals surface area contributed by atoms with E-state index >= 15 is 0 Å². The highest BCUT2D eigenvalue weighted by atomic mass is 31.2. The Morgan fingerprint density at radius 3 is 0.690 bits per heavy atom. The van der Waals surface area contributed by atoms with E-state index in [4.69, 9.17) is 19.9 Å². The molecule has 8 nitrogen and oxygen atoms in total. The number of nitrogens with zero attached hydrogens (tertiary/aromatic N) is 4. The summed E-state index contributed by atoms with van der Waals surface area (Å²) in [6.07, 6.45) is 0. The second kappa shape index (κ2) is 32.5. The molecule has 0 radical (unpaired) electrons. The fourth-order valence-corrected chi connectivity index (χ4v) is 21.7. The summed E-state index contributed by atoms with van der Waals surface area (Å²) >= 11 is 0. The third-order valence-electron chi connectivity index (χ3n) is 24.5. The van der Waals surface area contributed by atoms with Gasteiger partial charge < -0.3 is 18.3 Å². The molecule has 4 aromatic heterocycles. The number of hydrogen-bond acceptors (Lipinski definition) is 8. The summed E-state index contributed by atoms with van der Waals surface area (Å²) < 4.78 is 50.5. The molecule has 0 bridgehead atoms. The van der Waals surface area contributed by atoms with Crippen LogP contribution in [-0.2, 0) is 18.3 Å². The second-order valence-corrected chi connectivity index (χ2v) is 47.1. The van der Waals surface area contributed by atoms with E-state index in [0.29, 0.717) is 0 Å². The number of pyridine rings is 4. The lowest BCUT2D eigenvalue weighted by Crippen LogP contribution is -2.02. The van der Waals surface area contributed by atoms with Gasteiger partial charge in [0.15, 0.2) is 0 Å². The molecule has 0 spiro atoms. The van der Waals surface area contributed by atoms with Gasteiger partial charge in [-0.15, -0.1) is 0 Å². The van der Waals surface area contributed by atoms with Gasteiger partial charge in [-0.2, -0.15) is 0 Å². The third-order valence-corrected chi connectivity index (χ3v) is 30.7. The van der Waals surface area contributed by atoms with Crippen molar-refractivity contribution >= 4 is 202 Å².